The van der Waals surface area contributed by atoms with Gasteiger partial charge in [0, 0.05) is 89.6 Å². The van der Waals surface area contributed by atoms with Crippen LogP contribution in [0.1, 0.15) is 147 Å². The van der Waals surface area contributed by atoms with E-state index in [-0.39, 0.29) is 71.7 Å². The third kappa shape index (κ3) is 33.4. The van der Waals surface area contributed by atoms with Crippen molar-refractivity contribution in [3.8, 4) is 101 Å². The number of nitrogens with one attached hydrogen (secondary N) is 2. The largest absolute Gasteiger partial charge is 1.00 e. The summed E-state index contributed by atoms with van der Waals surface area (Å²) in [6, 6.07) is 81.1. The Morgan fingerprint density at radius 2 is 0.610 bits per heavy atom. The van der Waals surface area contributed by atoms with Gasteiger partial charge in [0.25, 0.3) is 11.8 Å². The molecule has 15 aromatic rings. The molecule has 15 rings (SSSR count). The molecule has 2 unspecified atom stereocenters. The van der Waals surface area contributed by atoms with Crippen LogP contribution in [0, 0.1) is 45.1 Å². The molecule has 0 spiro atoms. The van der Waals surface area contributed by atoms with E-state index in [9.17, 15) is 38.7 Å². The Labute approximate surface area is 847 Å². The predicted octanol–water partition coefficient (Wildman–Crippen LogP) is 16.3. The number of carboxylic acids is 1. The monoisotopic (exact) mass is 2010 g/mol. The Morgan fingerprint density at radius 1 is 0.348 bits per heavy atom. The first-order valence-corrected chi connectivity index (χ1v) is 45.7. The summed E-state index contributed by atoms with van der Waals surface area (Å²) in [5.41, 5.74) is 35.6. The number of carbonyl (C=O) groups is 7. The minimum absolute atomic E-state index is 0. The maximum Gasteiger partial charge on any atom is 1.00 e. The van der Waals surface area contributed by atoms with Gasteiger partial charge in [-0.3, -0.25) is 9.59 Å². The number of nitrogen functional groups attached to an aromatic ring is 1. The SMILES string of the molecule is CCNC(=O)c1cc(C(=O)OC)cc(-c2ccc(C)cc2)c1.CCn1nnnc1-c1cc(C(=O)NC(C)COC)cc(-c2ccc(C)cc2)c1.CCn1nnnc1-c1cc(C(=O)O)cc(-c2ccc(C)cc2)c1.CCn1nnnc1-c1cc(C(=O)OC)cc(-c2ccc(C)cc2)c1.COC(=O)c1cc(I)cc(-c2ccc(C)cc2)c1.COC(=O)c1cc(N)cc(-c2ccc(C)cc2)c1.COCC(C)N.[Li+].[OH-]. The maximum atomic E-state index is 12.8. The molecule has 8 N–H and O–H groups in total. The Balaban J connectivity index is 0.000000228. The number of halogens is 1. The zero-order chi connectivity index (χ0) is 101. The minimum Gasteiger partial charge on any atom is -0.870 e. The molecular formula is C108H118ILiN16O15. The van der Waals surface area contributed by atoms with Crippen molar-refractivity contribution in [2.75, 3.05) is 68.2 Å². The van der Waals surface area contributed by atoms with Crippen LogP contribution in [-0.2, 0) is 48.1 Å². The van der Waals surface area contributed by atoms with E-state index in [0.29, 0.717) is 101 Å². The summed E-state index contributed by atoms with van der Waals surface area (Å²) < 4.78 is 35.0. The molecule has 0 aliphatic carbocycles. The quantitative estimate of drug-likeness (QED) is 0.0117. The maximum absolute atomic E-state index is 12.8. The van der Waals surface area contributed by atoms with Crippen LogP contribution in [0.15, 0.2) is 255 Å². The van der Waals surface area contributed by atoms with Gasteiger partial charge in [-0.1, -0.05) is 179 Å². The molecule has 3 heterocycles. The number of benzene rings is 12. The Morgan fingerprint density at radius 3 is 0.908 bits per heavy atom. The van der Waals surface area contributed by atoms with E-state index in [1.54, 1.807) is 76.8 Å². The number of nitrogens with two attached hydrogens (primary N) is 2. The number of ether oxygens (including phenoxy) is 6. The number of hydrogen-bond acceptors (Lipinski definition) is 25. The van der Waals surface area contributed by atoms with E-state index in [1.165, 1.54) is 50.7 Å². The van der Waals surface area contributed by atoms with Crippen molar-refractivity contribution in [3.63, 3.8) is 0 Å². The molecule has 728 valence electrons. The average Bonchev–Trinajstić information content (AvgIpc) is 1.77. The minimum atomic E-state index is -0.976. The normalized spacial score (nSPS) is 10.7. The van der Waals surface area contributed by atoms with Crippen molar-refractivity contribution >= 4 is 69.9 Å². The van der Waals surface area contributed by atoms with Gasteiger partial charge in [0.05, 0.1) is 69.5 Å². The van der Waals surface area contributed by atoms with Crippen molar-refractivity contribution in [3.05, 3.63) is 331 Å². The van der Waals surface area contributed by atoms with Crippen molar-refractivity contribution in [1.82, 2.24) is 71.3 Å². The summed E-state index contributed by atoms with van der Waals surface area (Å²) >= 11 is 2.21. The molecular weight excluding hydrogens is 1900 g/mol. The number of methoxy groups -OCH3 is 6. The number of carbonyl (C=O) groups excluding carboxylic acids is 6. The third-order valence-corrected chi connectivity index (χ3v) is 21.8. The van der Waals surface area contributed by atoms with Crippen molar-refractivity contribution in [1.29, 1.82) is 0 Å². The van der Waals surface area contributed by atoms with E-state index in [0.717, 1.165) is 92.6 Å². The number of rotatable bonds is 25. The van der Waals surface area contributed by atoms with Gasteiger partial charge in [0.2, 0.25) is 0 Å². The van der Waals surface area contributed by atoms with E-state index < -0.39 is 11.9 Å². The number of aryl methyl sites for hydroxylation is 9. The van der Waals surface area contributed by atoms with Gasteiger partial charge in [0.1, 0.15) is 0 Å². The summed E-state index contributed by atoms with van der Waals surface area (Å²) in [5.74, 6) is -1.05. The first-order valence-electron chi connectivity index (χ1n) is 44.7. The van der Waals surface area contributed by atoms with Crippen molar-refractivity contribution in [2.24, 2.45) is 5.73 Å². The standard InChI is InChI=1S/C21H25N5O2.C18H18N4O2.C18H19NO3.C17H16N4O2.C15H13IO2.C15H15NO2.C4H11NO.Li.H2O/c1-5-26-20(23-24-25-26)18-10-17(16-8-6-14(2)7-9-16)11-19(12-18)21(27)22-15(3)13-28-4;1-4-22-17(19-20-21-22)15-9-14(10-16(11-15)18(23)24-3)13-7-5-12(2)6-8-13;1-4-19-17(20)15-9-14(10-16(11-15)18(21)22-3)13-7-5-12(2)6-8-13;1-3-21-16(18-19-20-21)14-8-13(9-15(10-14)17(22)23)12-6-4-11(2)5-7-12;2*1-10-3-5-11(6-4-10)12-7-13(15(17)18-2)9-14(16)8-12;1-4(5)3-6-2;;/h6-12,15H,5,13H2,1-4H3,(H,22,27);5-11H,4H2,1-3H3;5-11H,4H2,1-3H3,(H,19,20);4-10H,3H2,1-2H3,(H,22,23);3-9H,1-2H3;3-9H,16H2,1-2H3;4H,3,5H2,1-2H3;;1H2/q;;;;;;;+1;/p-1. The summed E-state index contributed by atoms with van der Waals surface area (Å²) in [6.45, 7) is 27.3. The smallest absolute Gasteiger partial charge is 0.870 e. The zero-order valence-electron chi connectivity index (χ0n) is 82.7. The van der Waals surface area contributed by atoms with Crippen LogP contribution in [0.25, 0.3) is 101 Å². The van der Waals surface area contributed by atoms with E-state index in [4.69, 9.17) is 35.2 Å². The van der Waals surface area contributed by atoms with Gasteiger partial charge in [-0.15, -0.1) is 15.3 Å². The summed E-state index contributed by atoms with van der Waals surface area (Å²) in [4.78, 5) is 83.3. The molecule has 2 amide bonds. The molecule has 141 heavy (non-hydrogen) atoms. The van der Waals surface area contributed by atoms with Crippen LogP contribution in [0.4, 0.5) is 5.69 Å². The molecule has 0 radical (unpaired) electrons. The van der Waals surface area contributed by atoms with Crippen molar-refractivity contribution < 1.29 is 91.4 Å². The second kappa shape index (κ2) is 56.2. The van der Waals surface area contributed by atoms with Gasteiger partial charge >= 0.3 is 48.7 Å². The molecule has 0 aliphatic heterocycles. The molecule has 0 aliphatic rings. The average molecular weight is 2010 g/mol. The molecule has 0 fully saturated rings. The van der Waals surface area contributed by atoms with Crippen LogP contribution < -0.4 is 41.0 Å². The summed E-state index contributed by atoms with van der Waals surface area (Å²) in [5, 5.41) is 50.4. The zero-order valence-corrected chi connectivity index (χ0v) is 84.9. The first-order chi connectivity index (χ1) is 66.7. The second-order valence-corrected chi connectivity index (χ2v) is 33.6. The number of hydrogen-bond donors (Lipinski definition) is 5. The molecule has 2 atom stereocenters. The van der Waals surface area contributed by atoms with Crippen LogP contribution in [-0.4, -0.2) is 187 Å². The number of aromatic carboxylic acids is 1. The molecule has 0 saturated heterocycles. The fourth-order valence-corrected chi connectivity index (χ4v) is 14.6. The van der Waals surface area contributed by atoms with Crippen LogP contribution >= 0.6 is 22.6 Å². The van der Waals surface area contributed by atoms with Crippen LogP contribution in [0.5, 0.6) is 0 Å². The molecule has 12 aromatic carbocycles. The Bertz CT molecular complexity index is 6550. The molecule has 0 bridgehead atoms. The Hall–Kier alpha value is -14.9. The Kier molecular flexibility index (Phi) is 45.1. The molecule has 31 nitrogen and oxygen atoms in total. The summed E-state index contributed by atoms with van der Waals surface area (Å²) in [6.07, 6.45) is 0. The molecule has 33 heteroatoms. The van der Waals surface area contributed by atoms with Crippen LogP contribution in [0.2, 0.25) is 0 Å². The fraction of sp³-hybridized carbons (Fsp3) is 0.241. The van der Waals surface area contributed by atoms with Gasteiger partial charge in [-0.25, -0.2) is 38.0 Å². The number of aromatic nitrogens is 12. The topological polar surface area (TPSA) is 432 Å². The summed E-state index contributed by atoms with van der Waals surface area (Å²) in [7, 11) is 8.71. The first kappa shape index (κ1) is 113. The predicted molar refractivity (Wildman–Crippen MR) is 551 cm³/mol. The van der Waals surface area contributed by atoms with Crippen molar-refractivity contribution in [2.45, 2.75) is 115 Å². The van der Waals surface area contributed by atoms with Gasteiger partial charge in [-0.05, 0) is 313 Å². The van der Waals surface area contributed by atoms with Crippen LogP contribution in [0.3, 0.4) is 0 Å². The van der Waals surface area contributed by atoms with E-state index in [1.807, 2.05) is 240 Å². The second-order valence-electron chi connectivity index (χ2n) is 32.3. The van der Waals surface area contributed by atoms with E-state index in [2.05, 4.69) is 134 Å². The number of amides is 2. The van der Waals surface area contributed by atoms with Gasteiger partial charge in [-0.2, -0.15) is 0 Å². The van der Waals surface area contributed by atoms with E-state index >= 15 is 0 Å². The number of anilines is 1. The van der Waals surface area contributed by atoms with Gasteiger partial charge < -0.3 is 61.1 Å². The number of nitrogens with zero attached hydrogens (tertiary/aromatic N) is 12. The fourth-order valence-electron chi connectivity index (χ4n) is 13.9. The third-order valence-electron chi connectivity index (χ3n) is 21.2. The number of carboxylic acid groups (broad SMARTS) is 1. The number of esters is 4. The molecule has 3 aromatic heterocycles. The van der Waals surface area contributed by atoms with Gasteiger partial charge in [0.15, 0.2) is 17.5 Å². The number of tetrazole rings is 3. The molecule has 0 saturated carbocycles.